The maximum absolute atomic E-state index is 12.5. The SMILES string of the molecule is Cc1ccc(C)c(NC(=O)C(C)Sc2cnc3ccccc3n2)c1. The van der Waals surface area contributed by atoms with E-state index in [4.69, 9.17) is 0 Å². The lowest BCUT2D eigenvalue weighted by atomic mass is 10.1. The van der Waals surface area contributed by atoms with E-state index in [9.17, 15) is 4.79 Å². The molecule has 1 amide bonds. The number of hydrogen-bond acceptors (Lipinski definition) is 4. The Morgan fingerprint density at radius 3 is 2.67 bits per heavy atom. The molecule has 122 valence electrons. The molecule has 5 heteroatoms. The maximum atomic E-state index is 12.5. The molecule has 24 heavy (non-hydrogen) atoms. The van der Waals surface area contributed by atoms with Crippen LogP contribution in [0, 0.1) is 13.8 Å². The van der Waals surface area contributed by atoms with Crippen LogP contribution < -0.4 is 5.32 Å². The molecule has 1 aromatic heterocycles. The Bertz CT molecular complexity index is 895. The summed E-state index contributed by atoms with van der Waals surface area (Å²) >= 11 is 1.41. The third kappa shape index (κ3) is 3.74. The van der Waals surface area contributed by atoms with E-state index >= 15 is 0 Å². The number of anilines is 1. The van der Waals surface area contributed by atoms with Gasteiger partial charge in [0.15, 0.2) is 0 Å². The number of amides is 1. The van der Waals surface area contributed by atoms with Gasteiger partial charge in [-0.2, -0.15) is 0 Å². The molecular weight excluding hydrogens is 318 g/mol. The zero-order chi connectivity index (χ0) is 17.1. The maximum Gasteiger partial charge on any atom is 0.237 e. The molecule has 0 spiro atoms. The van der Waals surface area contributed by atoms with Crippen LogP contribution in [-0.2, 0) is 4.79 Å². The first kappa shape index (κ1) is 16.5. The van der Waals surface area contributed by atoms with E-state index in [0.29, 0.717) is 0 Å². The molecule has 3 rings (SSSR count). The number of aryl methyl sites for hydroxylation is 2. The van der Waals surface area contributed by atoms with Gasteiger partial charge in [0.05, 0.1) is 22.5 Å². The highest BCUT2D eigenvalue weighted by molar-refractivity contribution is 8.00. The quantitative estimate of drug-likeness (QED) is 0.719. The number of fused-ring (bicyclic) bond motifs is 1. The number of aromatic nitrogens is 2. The minimum absolute atomic E-state index is 0.0383. The standard InChI is InChI=1S/C19H19N3OS/c1-12-8-9-13(2)17(10-12)22-19(23)14(3)24-18-11-20-15-6-4-5-7-16(15)21-18/h4-11,14H,1-3H3,(H,22,23). The van der Waals surface area contributed by atoms with Crippen molar-refractivity contribution in [3.05, 3.63) is 59.8 Å². The number of para-hydroxylation sites is 2. The van der Waals surface area contributed by atoms with Gasteiger partial charge >= 0.3 is 0 Å². The molecule has 0 radical (unpaired) electrons. The van der Waals surface area contributed by atoms with Crippen LogP contribution in [0.2, 0.25) is 0 Å². The van der Waals surface area contributed by atoms with Crippen molar-refractivity contribution < 1.29 is 4.79 Å². The van der Waals surface area contributed by atoms with Crippen LogP contribution >= 0.6 is 11.8 Å². The summed E-state index contributed by atoms with van der Waals surface area (Å²) in [6.07, 6.45) is 1.72. The summed E-state index contributed by atoms with van der Waals surface area (Å²) in [5.74, 6) is -0.0383. The van der Waals surface area contributed by atoms with E-state index in [1.54, 1.807) is 6.20 Å². The highest BCUT2D eigenvalue weighted by atomic mass is 32.2. The van der Waals surface area contributed by atoms with Crippen LogP contribution in [0.4, 0.5) is 5.69 Å². The molecule has 4 nitrogen and oxygen atoms in total. The first-order valence-electron chi connectivity index (χ1n) is 7.79. The molecule has 0 aliphatic heterocycles. The lowest BCUT2D eigenvalue weighted by Crippen LogP contribution is -2.23. The summed E-state index contributed by atoms with van der Waals surface area (Å²) in [6.45, 7) is 5.88. The second-order valence-electron chi connectivity index (χ2n) is 5.76. The van der Waals surface area contributed by atoms with E-state index in [1.165, 1.54) is 11.8 Å². The Kier molecular flexibility index (Phi) is 4.81. The van der Waals surface area contributed by atoms with Crippen molar-refractivity contribution in [3.8, 4) is 0 Å². The summed E-state index contributed by atoms with van der Waals surface area (Å²) in [5.41, 5.74) is 4.73. The van der Waals surface area contributed by atoms with Crippen molar-refractivity contribution in [3.63, 3.8) is 0 Å². The minimum atomic E-state index is -0.264. The van der Waals surface area contributed by atoms with Crippen molar-refractivity contribution in [2.45, 2.75) is 31.0 Å². The Morgan fingerprint density at radius 2 is 1.88 bits per heavy atom. The molecule has 0 saturated heterocycles. The average molecular weight is 337 g/mol. The Morgan fingerprint density at radius 1 is 1.12 bits per heavy atom. The van der Waals surface area contributed by atoms with Crippen LogP contribution in [-0.4, -0.2) is 21.1 Å². The van der Waals surface area contributed by atoms with Gasteiger partial charge in [-0.25, -0.2) is 4.98 Å². The van der Waals surface area contributed by atoms with E-state index in [1.807, 2.05) is 63.2 Å². The van der Waals surface area contributed by atoms with Crippen molar-refractivity contribution >= 4 is 34.4 Å². The molecule has 1 atom stereocenters. The monoisotopic (exact) mass is 337 g/mol. The zero-order valence-corrected chi connectivity index (χ0v) is 14.7. The van der Waals surface area contributed by atoms with Gasteiger partial charge in [-0.3, -0.25) is 9.78 Å². The molecule has 0 fully saturated rings. The predicted octanol–water partition coefficient (Wildman–Crippen LogP) is 4.37. The summed E-state index contributed by atoms with van der Waals surface area (Å²) < 4.78 is 0. The largest absolute Gasteiger partial charge is 0.325 e. The van der Waals surface area contributed by atoms with Crippen molar-refractivity contribution in [2.24, 2.45) is 0 Å². The molecule has 2 aromatic carbocycles. The van der Waals surface area contributed by atoms with Gasteiger partial charge in [0, 0.05) is 5.69 Å². The summed E-state index contributed by atoms with van der Waals surface area (Å²) in [7, 11) is 0. The minimum Gasteiger partial charge on any atom is -0.325 e. The molecule has 1 N–H and O–H groups in total. The van der Waals surface area contributed by atoms with Gasteiger partial charge in [-0.1, -0.05) is 36.0 Å². The van der Waals surface area contributed by atoms with Crippen molar-refractivity contribution in [2.75, 3.05) is 5.32 Å². The number of thioether (sulfide) groups is 1. The van der Waals surface area contributed by atoms with Crippen LogP contribution in [0.5, 0.6) is 0 Å². The fourth-order valence-corrected chi connectivity index (χ4v) is 3.13. The Hall–Kier alpha value is -2.40. The number of nitrogens with one attached hydrogen (secondary N) is 1. The molecule has 0 bridgehead atoms. The summed E-state index contributed by atoms with van der Waals surface area (Å²) in [5, 5.41) is 3.48. The highest BCUT2D eigenvalue weighted by Crippen LogP contribution is 2.24. The van der Waals surface area contributed by atoms with E-state index < -0.39 is 0 Å². The van der Waals surface area contributed by atoms with E-state index in [0.717, 1.165) is 32.9 Å². The fourth-order valence-electron chi connectivity index (χ4n) is 2.34. The smallest absolute Gasteiger partial charge is 0.237 e. The number of rotatable bonds is 4. The van der Waals surface area contributed by atoms with Crippen molar-refractivity contribution in [1.82, 2.24) is 9.97 Å². The zero-order valence-electron chi connectivity index (χ0n) is 13.9. The number of carbonyl (C=O) groups is 1. The molecule has 3 aromatic rings. The molecule has 1 unspecified atom stereocenters. The molecule has 0 aliphatic carbocycles. The topological polar surface area (TPSA) is 54.9 Å². The average Bonchev–Trinajstić information content (AvgIpc) is 2.58. The number of nitrogens with zero attached hydrogens (tertiary/aromatic N) is 2. The van der Waals surface area contributed by atoms with Crippen LogP contribution in [0.1, 0.15) is 18.1 Å². The van der Waals surface area contributed by atoms with Gasteiger partial charge in [0.1, 0.15) is 5.03 Å². The molecule has 0 saturated carbocycles. The lowest BCUT2D eigenvalue weighted by molar-refractivity contribution is -0.115. The first-order chi connectivity index (χ1) is 11.5. The predicted molar refractivity (Wildman–Crippen MR) is 99.4 cm³/mol. The summed E-state index contributed by atoms with van der Waals surface area (Å²) in [4.78, 5) is 21.4. The molecular formula is C19H19N3OS. The second-order valence-corrected chi connectivity index (χ2v) is 7.13. The molecule has 1 heterocycles. The fraction of sp³-hybridized carbons (Fsp3) is 0.211. The summed E-state index contributed by atoms with van der Waals surface area (Å²) in [6, 6.07) is 13.7. The van der Waals surface area contributed by atoms with E-state index in [2.05, 4.69) is 15.3 Å². The van der Waals surface area contributed by atoms with Crippen LogP contribution in [0.25, 0.3) is 11.0 Å². The molecule has 0 aliphatic rings. The van der Waals surface area contributed by atoms with Crippen LogP contribution in [0.3, 0.4) is 0 Å². The van der Waals surface area contributed by atoms with Gasteiger partial charge in [0.25, 0.3) is 0 Å². The Labute approximate surface area is 145 Å². The number of hydrogen-bond donors (Lipinski definition) is 1. The first-order valence-corrected chi connectivity index (χ1v) is 8.67. The number of benzene rings is 2. The van der Waals surface area contributed by atoms with Crippen molar-refractivity contribution in [1.29, 1.82) is 0 Å². The third-order valence-electron chi connectivity index (χ3n) is 3.74. The third-order valence-corrected chi connectivity index (χ3v) is 4.75. The lowest BCUT2D eigenvalue weighted by Gasteiger charge is -2.13. The Balaban J connectivity index is 1.72. The van der Waals surface area contributed by atoms with Gasteiger partial charge in [-0.15, -0.1) is 0 Å². The van der Waals surface area contributed by atoms with Gasteiger partial charge < -0.3 is 5.32 Å². The van der Waals surface area contributed by atoms with Gasteiger partial charge in [0.2, 0.25) is 5.91 Å². The highest BCUT2D eigenvalue weighted by Gasteiger charge is 2.16. The van der Waals surface area contributed by atoms with Crippen LogP contribution in [0.15, 0.2) is 53.7 Å². The van der Waals surface area contributed by atoms with E-state index in [-0.39, 0.29) is 11.2 Å². The second kappa shape index (κ2) is 7.01. The van der Waals surface area contributed by atoms with Gasteiger partial charge in [-0.05, 0) is 50.1 Å². The number of carbonyl (C=O) groups excluding carboxylic acids is 1. The normalized spacial score (nSPS) is 12.1.